The lowest BCUT2D eigenvalue weighted by molar-refractivity contribution is 0.204. The van der Waals surface area contributed by atoms with Gasteiger partial charge in [0.25, 0.3) is 0 Å². The van der Waals surface area contributed by atoms with Crippen molar-refractivity contribution < 1.29 is 0 Å². The molecule has 0 amide bonds. The summed E-state index contributed by atoms with van der Waals surface area (Å²) in [5.41, 5.74) is 9.08. The summed E-state index contributed by atoms with van der Waals surface area (Å²) >= 11 is 1.82. The summed E-state index contributed by atoms with van der Waals surface area (Å²) in [6.07, 6.45) is 0.987. The Balaban J connectivity index is 2.21. The highest BCUT2D eigenvalue weighted by molar-refractivity contribution is 7.10. The fraction of sp³-hybridized carbons (Fsp3) is 0.412. The molecule has 0 saturated carbocycles. The monoisotopic (exact) mass is 288 g/mol. The van der Waals surface area contributed by atoms with Crippen LogP contribution in [-0.4, -0.2) is 18.0 Å². The molecule has 3 heteroatoms. The highest BCUT2D eigenvalue weighted by Crippen LogP contribution is 2.31. The molecule has 2 aromatic rings. The van der Waals surface area contributed by atoms with Crippen LogP contribution in [0.2, 0.25) is 0 Å². The van der Waals surface area contributed by atoms with Crippen molar-refractivity contribution in [2.45, 2.75) is 38.9 Å². The van der Waals surface area contributed by atoms with Crippen molar-refractivity contribution in [3.63, 3.8) is 0 Å². The van der Waals surface area contributed by atoms with E-state index in [1.165, 1.54) is 16.0 Å². The van der Waals surface area contributed by atoms with Crippen molar-refractivity contribution in [1.29, 1.82) is 0 Å². The second-order valence-corrected chi connectivity index (χ2v) is 6.33. The van der Waals surface area contributed by atoms with E-state index in [4.69, 9.17) is 5.73 Å². The van der Waals surface area contributed by atoms with Crippen LogP contribution in [0.3, 0.4) is 0 Å². The maximum atomic E-state index is 6.40. The van der Waals surface area contributed by atoms with Crippen molar-refractivity contribution in [2.24, 2.45) is 5.73 Å². The molecular weight excluding hydrogens is 264 g/mol. The van der Waals surface area contributed by atoms with E-state index in [1.54, 1.807) is 0 Å². The normalized spacial score (nSPS) is 14.4. The van der Waals surface area contributed by atoms with Crippen LogP contribution in [0, 0.1) is 6.92 Å². The van der Waals surface area contributed by atoms with Crippen LogP contribution in [0.25, 0.3) is 0 Å². The second-order valence-electron chi connectivity index (χ2n) is 5.39. The van der Waals surface area contributed by atoms with Crippen molar-refractivity contribution in [3.05, 3.63) is 57.8 Å². The second kappa shape index (κ2) is 7.02. The largest absolute Gasteiger partial charge is 0.326 e. The van der Waals surface area contributed by atoms with E-state index < -0.39 is 0 Å². The zero-order chi connectivity index (χ0) is 14.5. The van der Waals surface area contributed by atoms with Gasteiger partial charge in [0.2, 0.25) is 0 Å². The summed E-state index contributed by atoms with van der Waals surface area (Å²) in [5.74, 6) is 0. The fourth-order valence-electron chi connectivity index (χ4n) is 2.60. The number of rotatable bonds is 6. The van der Waals surface area contributed by atoms with Gasteiger partial charge in [-0.2, -0.15) is 0 Å². The van der Waals surface area contributed by atoms with Crippen LogP contribution in [-0.2, 0) is 6.54 Å². The molecule has 0 aliphatic carbocycles. The molecule has 108 valence electrons. The smallest absolute Gasteiger partial charge is 0.0596 e. The number of likely N-dealkylation sites (N-methyl/N-ethyl adjacent to an activating group) is 1. The van der Waals surface area contributed by atoms with E-state index >= 15 is 0 Å². The van der Waals surface area contributed by atoms with Gasteiger partial charge < -0.3 is 5.73 Å². The lowest BCUT2D eigenvalue weighted by Gasteiger charge is -2.32. The van der Waals surface area contributed by atoms with Gasteiger partial charge in [-0.25, -0.2) is 0 Å². The Morgan fingerprint density at radius 3 is 2.45 bits per heavy atom. The summed E-state index contributed by atoms with van der Waals surface area (Å²) in [6.45, 7) is 5.27. The minimum absolute atomic E-state index is 0.168. The first kappa shape index (κ1) is 15.2. The average molecular weight is 288 g/mol. The molecule has 2 nitrogen and oxygen atoms in total. The maximum absolute atomic E-state index is 6.40. The van der Waals surface area contributed by atoms with E-state index in [-0.39, 0.29) is 6.04 Å². The molecule has 20 heavy (non-hydrogen) atoms. The van der Waals surface area contributed by atoms with Gasteiger partial charge in [-0.05, 0) is 43.0 Å². The zero-order valence-corrected chi connectivity index (χ0v) is 13.4. The maximum Gasteiger partial charge on any atom is 0.0596 e. The topological polar surface area (TPSA) is 29.3 Å². The Hall–Kier alpha value is -1.16. The Morgan fingerprint density at radius 1 is 1.20 bits per heavy atom. The molecule has 0 saturated heterocycles. The van der Waals surface area contributed by atoms with Crippen LogP contribution in [0.15, 0.2) is 41.8 Å². The standard InChI is InChI=1S/C17H24N2S/c1-4-15(18)16(17-13(2)10-11-20-17)19(3)12-14-8-6-5-7-9-14/h5-11,15-16H,4,12,18H2,1-3H3. The average Bonchev–Trinajstić information content (AvgIpc) is 2.86. The van der Waals surface area contributed by atoms with Crippen LogP contribution in [0.4, 0.5) is 0 Å². The number of aryl methyl sites for hydroxylation is 1. The van der Waals surface area contributed by atoms with Gasteiger partial charge in [-0.3, -0.25) is 4.90 Å². The van der Waals surface area contributed by atoms with Gasteiger partial charge in [0.1, 0.15) is 0 Å². The van der Waals surface area contributed by atoms with Crippen LogP contribution < -0.4 is 5.73 Å². The highest BCUT2D eigenvalue weighted by Gasteiger charge is 2.25. The molecule has 0 radical (unpaired) electrons. The van der Waals surface area contributed by atoms with Gasteiger partial charge in [-0.15, -0.1) is 11.3 Å². The number of hydrogen-bond donors (Lipinski definition) is 1. The molecule has 1 aromatic heterocycles. The summed E-state index contributed by atoms with van der Waals surface area (Å²) in [4.78, 5) is 3.78. The first-order valence-corrected chi connectivity index (χ1v) is 8.05. The summed E-state index contributed by atoms with van der Waals surface area (Å²) in [5, 5.41) is 2.16. The third kappa shape index (κ3) is 3.48. The Bertz CT molecular complexity index is 521. The van der Waals surface area contributed by atoms with Gasteiger partial charge >= 0.3 is 0 Å². The Kier molecular flexibility index (Phi) is 5.35. The fourth-order valence-corrected chi connectivity index (χ4v) is 3.77. The predicted octanol–water partition coefficient (Wildman–Crippen LogP) is 3.97. The predicted molar refractivity (Wildman–Crippen MR) is 88.0 cm³/mol. The van der Waals surface area contributed by atoms with E-state index in [0.717, 1.165) is 13.0 Å². The van der Waals surface area contributed by atoms with Gasteiger partial charge in [0.15, 0.2) is 0 Å². The molecule has 2 rings (SSSR count). The lowest BCUT2D eigenvalue weighted by atomic mass is 10.0. The minimum Gasteiger partial charge on any atom is -0.326 e. The quantitative estimate of drug-likeness (QED) is 0.871. The van der Waals surface area contributed by atoms with E-state index in [2.05, 4.69) is 67.6 Å². The molecule has 0 fully saturated rings. The number of hydrogen-bond acceptors (Lipinski definition) is 3. The van der Waals surface area contributed by atoms with Crippen molar-refractivity contribution in [1.82, 2.24) is 4.90 Å². The number of nitrogens with zero attached hydrogens (tertiary/aromatic N) is 1. The lowest BCUT2D eigenvalue weighted by Crippen LogP contribution is -2.38. The minimum atomic E-state index is 0.168. The van der Waals surface area contributed by atoms with Gasteiger partial charge in [0.05, 0.1) is 6.04 Å². The Morgan fingerprint density at radius 2 is 1.90 bits per heavy atom. The first-order chi connectivity index (χ1) is 9.63. The summed E-state index contributed by atoms with van der Waals surface area (Å²) in [7, 11) is 2.17. The molecule has 0 aliphatic rings. The van der Waals surface area contributed by atoms with Gasteiger partial charge in [-0.1, -0.05) is 37.3 Å². The molecule has 1 heterocycles. The van der Waals surface area contributed by atoms with Crippen molar-refractivity contribution in [2.75, 3.05) is 7.05 Å². The van der Waals surface area contributed by atoms with Crippen LogP contribution >= 0.6 is 11.3 Å². The van der Waals surface area contributed by atoms with E-state index in [0.29, 0.717) is 6.04 Å². The summed E-state index contributed by atoms with van der Waals surface area (Å²) in [6, 6.07) is 13.2. The third-order valence-electron chi connectivity index (χ3n) is 3.80. The molecule has 0 aliphatic heterocycles. The molecule has 2 unspecified atom stereocenters. The highest BCUT2D eigenvalue weighted by atomic mass is 32.1. The number of thiophene rings is 1. The molecular formula is C17H24N2S. The van der Waals surface area contributed by atoms with E-state index in [1.807, 2.05) is 11.3 Å². The van der Waals surface area contributed by atoms with Crippen molar-refractivity contribution in [3.8, 4) is 0 Å². The SMILES string of the molecule is CCC(N)C(c1sccc1C)N(C)Cc1ccccc1. The third-order valence-corrected chi connectivity index (χ3v) is 4.89. The zero-order valence-electron chi connectivity index (χ0n) is 12.5. The van der Waals surface area contributed by atoms with Gasteiger partial charge in [0, 0.05) is 17.5 Å². The van der Waals surface area contributed by atoms with Crippen molar-refractivity contribution >= 4 is 11.3 Å². The molecule has 2 atom stereocenters. The van der Waals surface area contributed by atoms with Crippen LogP contribution in [0.1, 0.15) is 35.4 Å². The Labute approximate surface area is 126 Å². The first-order valence-electron chi connectivity index (χ1n) is 7.17. The molecule has 0 spiro atoms. The number of nitrogens with two attached hydrogens (primary N) is 1. The molecule has 0 bridgehead atoms. The number of benzene rings is 1. The summed E-state index contributed by atoms with van der Waals surface area (Å²) < 4.78 is 0. The van der Waals surface area contributed by atoms with E-state index in [9.17, 15) is 0 Å². The molecule has 2 N–H and O–H groups in total. The van der Waals surface area contributed by atoms with Crippen LogP contribution in [0.5, 0.6) is 0 Å². The molecule has 1 aromatic carbocycles.